The van der Waals surface area contributed by atoms with Crippen LogP contribution in [0.2, 0.25) is 5.02 Å². The van der Waals surface area contributed by atoms with Crippen LogP contribution in [0.1, 0.15) is 13.0 Å². The van der Waals surface area contributed by atoms with Gasteiger partial charge in [-0.2, -0.15) is 0 Å². The summed E-state index contributed by atoms with van der Waals surface area (Å²) in [6.07, 6.45) is 0. The minimum absolute atomic E-state index is 0.221. The van der Waals surface area contributed by atoms with E-state index in [0.29, 0.717) is 10.4 Å². The second-order valence-corrected chi connectivity index (χ2v) is 5.94. The van der Waals surface area contributed by atoms with E-state index in [1.807, 2.05) is 0 Å². The van der Waals surface area contributed by atoms with E-state index >= 15 is 0 Å². The molecule has 0 radical (unpaired) electrons. The molecule has 16 heavy (non-hydrogen) atoms. The quantitative estimate of drug-likeness (QED) is 0.852. The summed E-state index contributed by atoms with van der Waals surface area (Å²) < 4.78 is 2.23. The zero-order valence-corrected chi connectivity index (χ0v) is 10.8. The van der Waals surface area contributed by atoms with Crippen molar-refractivity contribution in [3.8, 4) is 0 Å². The molecule has 1 aromatic heterocycles. The van der Waals surface area contributed by atoms with Crippen molar-refractivity contribution in [1.29, 1.82) is 0 Å². The van der Waals surface area contributed by atoms with Crippen molar-refractivity contribution in [3.05, 3.63) is 33.6 Å². The Balaban J connectivity index is 2.69. The van der Waals surface area contributed by atoms with Gasteiger partial charge in [-0.25, -0.2) is 0 Å². The van der Waals surface area contributed by atoms with Crippen LogP contribution in [0.25, 0.3) is 9.65 Å². The number of hydrogen-bond acceptors (Lipinski definition) is 2. The summed E-state index contributed by atoms with van der Waals surface area (Å²) in [7, 11) is 0. The van der Waals surface area contributed by atoms with E-state index in [4.69, 9.17) is 16.7 Å². The summed E-state index contributed by atoms with van der Waals surface area (Å²) in [5, 5.41) is 10.0. The molecule has 0 aliphatic rings. The third kappa shape index (κ3) is 1.82. The number of carbonyl (C=O) groups is 1. The molecule has 0 saturated carbocycles. The van der Waals surface area contributed by atoms with Crippen LogP contribution in [0, 0.1) is 0 Å². The summed E-state index contributed by atoms with van der Waals surface area (Å²) in [5.74, 6) is -0.992. The van der Waals surface area contributed by atoms with Crippen LogP contribution in [-0.4, -0.2) is 29.4 Å². The van der Waals surface area contributed by atoms with Gasteiger partial charge in [0.05, 0.1) is 0 Å². The van der Waals surface area contributed by atoms with Gasteiger partial charge in [0, 0.05) is 0 Å². The Hall–Kier alpha value is -1.03. The summed E-state index contributed by atoms with van der Waals surface area (Å²) in [5.41, 5.74) is -0.221. The first-order chi connectivity index (χ1) is 7.50. The standard InChI is InChI=1S/C10H8ClNO3Se/c1-5(10(14)15)12-9(13)7-3-2-6(11)4-8(7)16-12/h2-5H,1H3,(H,14,15)/t5-/m0/s1. The number of rotatable bonds is 2. The average molecular weight is 305 g/mol. The van der Waals surface area contributed by atoms with Crippen molar-refractivity contribution in [3.63, 3.8) is 0 Å². The summed E-state index contributed by atoms with van der Waals surface area (Å²) >= 11 is 5.53. The number of carboxylic acid groups (broad SMARTS) is 1. The molecule has 2 rings (SSSR count). The molecule has 4 nitrogen and oxygen atoms in total. The maximum atomic E-state index is 11.9. The van der Waals surface area contributed by atoms with Gasteiger partial charge in [-0.05, 0) is 0 Å². The first-order valence-electron chi connectivity index (χ1n) is 4.54. The Labute approximate surface area is 102 Å². The maximum absolute atomic E-state index is 11.9. The van der Waals surface area contributed by atoms with E-state index in [1.165, 1.54) is 10.5 Å². The number of halogens is 1. The van der Waals surface area contributed by atoms with Crippen molar-refractivity contribution in [1.82, 2.24) is 3.56 Å². The van der Waals surface area contributed by atoms with Crippen molar-refractivity contribution in [2.45, 2.75) is 13.0 Å². The predicted molar refractivity (Wildman–Crippen MR) is 62.5 cm³/mol. The fourth-order valence-corrected chi connectivity index (χ4v) is 3.94. The molecule has 84 valence electrons. The fraction of sp³-hybridized carbons (Fsp3) is 0.200. The van der Waals surface area contributed by atoms with Gasteiger partial charge in [-0.1, -0.05) is 0 Å². The number of nitrogens with zero attached hydrogens (tertiary/aromatic N) is 1. The molecule has 0 amide bonds. The molecule has 1 aromatic carbocycles. The normalized spacial score (nSPS) is 12.9. The van der Waals surface area contributed by atoms with Crippen molar-refractivity contribution in [2.75, 3.05) is 0 Å². The SMILES string of the molecule is C[C@@H](C(=O)O)n1[se]c2cc(Cl)ccc2c1=O. The number of fused-ring (bicyclic) bond motifs is 1. The van der Waals surface area contributed by atoms with Gasteiger partial charge >= 0.3 is 102 Å². The van der Waals surface area contributed by atoms with Crippen molar-refractivity contribution >= 4 is 41.9 Å². The van der Waals surface area contributed by atoms with Gasteiger partial charge in [0.25, 0.3) is 0 Å². The topological polar surface area (TPSA) is 59.3 Å². The van der Waals surface area contributed by atoms with E-state index in [0.717, 1.165) is 4.26 Å². The Morgan fingerprint density at radius 1 is 1.56 bits per heavy atom. The van der Waals surface area contributed by atoms with Gasteiger partial charge in [0.2, 0.25) is 0 Å². The molecular formula is C10H8ClNO3Se. The molecule has 1 heterocycles. The Kier molecular flexibility index (Phi) is 2.93. The van der Waals surface area contributed by atoms with Crippen LogP contribution < -0.4 is 5.56 Å². The Morgan fingerprint density at radius 3 is 2.88 bits per heavy atom. The van der Waals surface area contributed by atoms with E-state index < -0.39 is 12.0 Å². The minimum atomic E-state index is -0.992. The Morgan fingerprint density at radius 2 is 2.25 bits per heavy atom. The molecule has 6 heteroatoms. The molecule has 0 aliphatic carbocycles. The molecule has 1 N–H and O–H groups in total. The molecule has 1 atom stereocenters. The van der Waals surface area contributed by atoms with Gasteiger partial charge in [-0.15, -0.1) is 0 Å². The van der Waals surface area contributed by atoms with Gasteiger partial charge in [0.1, 0.15) is 0 Å². The Bertz CT molecular complexity index is 616. The van der Waals surface area contributed by atoms with Crippen LogP contribution in [0.15, 0.2) is 23.0 Å². The summed E-state index contributed by atoms with van der Waals surface area (Å²) in [6.45, 7) is 1.51. The zero-order valence-electron chi connectivity index (χ0n) is 8.31. The molecule has 0 bridgehead atoms. The average Bonchev–Trinajstić information content (AvgIpc) is 2.54. The van der Waals surface area contributed by atoms with E-state index in [2.05, 4.69) is 0 Å². The van der Waals surface area contributed by atoms with Gasteiger partial charge in [0.15, 0.2) is 0 Å². The zero-order chi connectivity index (χ0) is 11.9. The molecule has 0 saturated heterocycles. The number of benzene rings is 1. The summed E-state index contributed by atoms with van der Waals surface area (Å²) in [6, 6.07) is 4.22. The van der Waals surface area contributed by atoms with E-state index in [-0.39, 0.29) is 20.3 Å². The van der Waals surface area contributed by atoms with Gasteiger partial charge < -0.3 is 0 Å². The van der Waals surface area contributed by atoms with Crippen LogP contribution in [0.5, 0.6) is 0 Å². The van der Waals surface area contributed by atoms with Crippen LogP contribution in [-0.2, 0) is 4.79 Å². The monoisotopic (exact) mass is 305 g/mol. The number of aromatic nitrogens is 1. The number of hydrogen-bond donors (Lipinski definition) is 1. The van der Waals surface area contributed by atoms with Crippen molar-refractivity contribution < 1.29 is 9.90 Å². The molecule has 0 fully saturated rings. The summed E-state index contributed by atoms with van der Waals surface area (Å²) in [4.78, 5) is 22.7. The molecular weight excluding hydrogens is 297 g/mol. The second kappa shape index (κ2) is 4.09. The molecule has 2 aromatic rings. The fourth-order valence-electron chi connectivity index (χ4n) is 1.37. The van der Waals surface area contributed by atoms with Crippen LogP contribution in [0.3, 0.4) is 0 Å². The predicted octanol–water partition coefficient (Wildman–Crippen LogP) is 1.36. The number of carboxylic acids is 1. The molecule has 0 spiro atoms. The molecule has 0 unspecified atom stereocenters. The van der Waals surface area contributed by atoms with Gasteiger partial charge in [-0.3, -0.25) is 0 Å². The van der Waals surface area contributed by atoms with E-state index in [1.54, 1.807) is 18.2 Å². The third-order valence-electron chi connectivity index (χ3n) is 2.28. The van der Waals surface area contributed by atoms with Crippen molar-refractivity contribution in [2.24, 2.45) is 0 Å². The first kappa shape index (κ1) is 11.5. The third-order valence-corrected chi connectivity index (χ3v) is 5.06. The first-order valence-corrected chi connectivity index (χ1v) is 6.54. The second-order valence-electron chi connectivity index (χ2n) is 3.38. The van der Waals surface area contributed by atoms with E-state index in [9.17, 15) is 9.59 Å². The molecule has 0 aliphatic heterocycles. The van der Waals surface area contributed by atoms with Crippen LogP contribution >= 0.6 is 11.6 Å². The number of aliphatic carboxylic acids is 1. The van der Waals surface area contributed by atoms with Crippen LogP contribution in [0.4, 0.5) is 0 Å².